The number of nitrogens with zero attached hydrogens (tertiary/aromatic N) is 1. The maximum atomic E-state index is 12.0. The van der Waals surface area contributed by atoms with Gasteiger partial charge in [0.2, 0.25) is 5.91 Å². The molecule has 1 saturated heterocycles. The number of methoxy groups -OCH3 is 1. The van der Waals surface area contributed by atoms with Crippen LogP contribution in [-0.2, 0) is 21.1 Å². The van der Waals surface area contributed by atoms with Gasteiger partial charge in [0, 0.05) is 25.3 Å². The van der Waals surface area contributed by atoms with Crippen molar-refractivity contribution in [2.45, 2.75) is 25.0 Å². The van der Waals surface area contributed by atoms with Crippen LogP contribution in [0.5, 0.6) is 5.75 Å². The summed E-state index contributed by atoms with van der Waals surface area (Å²) in [7, 11) is -1.40. The van der Waals surface area contributed by atoms with Crippen LogP contribution in [0.2, 0.25) is 0 Å². The first kappa shape index (κ1) is 15.8. The summed E-state index contributed by atoms with van der Waals surface area (Å²) in [4.78, 5) is 13.6. The summed E-state index contributed by atoms with van der Waals surface area (Å²) in [5, 5.41) is -0.368. The molecule has 2 rings (SSSR count). The lowest BCUT2D eigenvalue weighted by Gasteiger charge is -2.38. The lowest BCUT2D eigenvalue weighted by molar-refractivity contribution is -0.134. The predicted molar refractivity (Wildman–Crippen MR) is 81.1 cm³/mol. The highest BCUT2D eigenvalue weighted by atomic mass is 32.2. The van der Waals surface area contributed by atoms with Crippen molar-refractivity contribution in [3.8, 4) is 5.75 Å². The SMILES string of the molecule is CCS(=O)(=O)C1CN(C(=O)CCc2ccc(OC)cc2)C1. The Balaban J connectivity index is 1.78. The van der Waals surface area contributed by atoms with E-state index in [0.29, 0.717) is 25.9 Å². The minimum absolute atomic E-state index is 0.0216. The average molecular weight is 311 g/mol. The second-order valence-electron chi connectivity index (χ2n) is 5.22. The van der Waals surface area contributed by atoms with Gasteiger partial charge in [-0.25, -0.2) is 8.42 Å². The van der Waals surface area contributed by atoms with Gasteiger partial charge in [-0.05, 0) is 24.1 Å². The third kappa shape index (κ3) is 3.75. The molecule has 1 aromatic carbocycles. The molecule has 1 heterocycles. The number of carbonyl (C=O) groups excluding carboxylic acids is 1. The Bertz CT molecular complexity index is 589. The van der Waals surface area contributed by atoms with Crippen LogP contribution in [0.3, 0.4) is 0 Å². The molecule has 116 valence electrons. The van der Waals surface area contributed by atoms with Gasteiger partial charge in [-0.2, -0.15) is 0 Å². The first-order valence-corrected chi connectivity index (χ1v) is 8.80. The number of hydrogen-bond donors (Lipinski definition) is 0. The maximum Gasteiger partial charge on any atom is 0.222 e. The quantitative estimate of drug-likeness (QED) is 0.794. The minimum atomic E-state index is -3.01. The summed E-state index contributed by atoms with van der Waals surface area (Å²) in [5.41, 5.74) is 1.07. The molecule has 0 spiro atoms. The van der Waals surface area contributed by atoms with Gasteiger partial charge in [0.15, 0.2) is 9.84 Å². The Kier molecular flexibility index (Phi) is 4.88. The number of sulfone groups is 1. The molecule has 0 unspecified atom stereocenters. The van der Waals surface area contributed by atoms with E-state index in [-0.39, 0.29) is 16.9 Å². The van der Waals surface area contributed by atoms with Crippen molar-refractivity contribution < 1.29 is 17.9 Å². The zero-order valence-corrected chi connectivity index (χ0v) is 13.2. The molecule has 1 aromatic rings. The van der Waals surface area contributed by atoms with Crippen molar-refractivity contribution in [2.24, 2.45) is 0 Å². The molecule has 1 amide bonds. The van der Waals surface area contributed by atoms with Gasteiger partial charge >= 0.3 is 0 Å². The molecule has 5 nitrogen and oxygen atoms in total. The maximum absolute atomic E-state index is 12.0. The minimum Gasteiger partial charge on any atom is -0.497 e. The lowest BCUT2D eigenvalue weighted by atomic mass is 10.1. The highest BCUT2D eigenvalue weighted by Crippen LogP contribution is 2.19. The van der Waals surface area contributed by atoms with Crippen LogP contribution in [0.1, 0.15) is 18.9 Å². The van der Waals surface area contributed by atoms with E-state index in [0.717, 1.165) is 11.3 Å². The summed E-state index contributed by atoms with van der Waals surface area (Å²) in [5.74, 6) is 0.958. The van der Waals surface area contributed by atoms with Crippen LogP contribution in [0, 0.1) is 0 Å². The molecule has 0 radical (unpaired) electrons. The average Bonchev–Trinajstić information content (AvgIpc) is 2.43. The summed E-state index contributed by atoms with van der Waals surface area (Å²) < 4.78 is 28.4. The Morgan fingerprint density at radius 2 is 1.90 bits per heavy atom. The van der Waals surface area contributed by atoms with E-state index >= 15 is 0 Å². The summed E-state index contributed by atoms with van der Waals surface area (Å²) in [6.45, 7) is 2.33. The van der Waals surface area contributed by atoms with Crippen LogP contribution in [0.25, 0.3) is 0 Å². The van der Waals surface area contributed by atoms with Crippen molar-refractivity contribution in [1.29, 1.82) is 0 Å². The van der Waals surface area contributed by atoms with E-state index in [1.165, 1.54) is 0 Å². The van der Waals surface area contributed by atoms with Crippen LogP contribution >= 0.6 is 0 Å². The van der Waals surface area contributed by atoms with Crippen molar-refractivity contribution in [1.82, 2.24) is 4.90 Å². The number of hydrogen-bond acceptors (Lipinski definition) is 4. The Labute approximate surface area is 125 Å². The van der Waals surface area contributed by atoms with Gasteiger partial charge < -0.3 is 9.64 Å². The number of likely N-dealkylation sites (tertiary alicyclic amines) is 1. The van der Waals surface area contributed by atoms with Gasteiger partial charge in [0.25, 0.3) is 0 Å². The molecule has 0 aromatic heterocycles. The fraction of sp³-hybridized carbons (Fsp3) is 0.533. The smallest absolute Gasteiger partial charge is 0.222 e. The van der Waals surface area contributed by atoms with E-state index in [2.05, 4.69) is 0 Å². The number of benzene rings is 1. The summed E-state index contributed by atoms with van der Waals surface area (Å²) in [6.07, 6.45) is 1.07. The first-order valence-electron chi connectivity index (χ1n) is 7.08. The molecule has 0 saturated carbocycles. The summed E-state index contributed by atoms with van der Waals surface area (Å²) >= 11 is 0. The molecular weight excluding hydrogens is 290 g/mol. The zero-order valence-electron chi connectivity index (χ0n) is 12.4. The largest absolute Gasteiger partial charge is 0.497 e. The van der Waals surface area contributed by atoms with Gasteiger partial charge in [0.1, 0.15) is 5.75 Å². The molecule has 1 fully saturated rings. The zero-order chi connectivity index (χ0) is 15.5. The molecule has 1 aliphatic heterocycles. The molecule has 21 heavy (non-hydrogen) atoms. The molecule has 6 heteroatoms. The van der Waals surface area contributed by atoms with Gasteiger partial charge in [-0.1, -0.05) is 19.1 Å². The molecule has 1 aliphatic rings. The lowest BCUT2D eigenvalue weighted by Crippen LogP contribution is -2.57. The predicted octanol–water partition coefficient (Wildman–Crippen LogP) is 1.27. The molecule has 0 aliphatic carbocycles. The topological polar surface area (TPSA) is 63.7 Å². The van der Waals surface area contributed by atoms with Crippen LogP contribution in [-0.4, -0.2) is 50.4 Å². The normalized spacial score (nSPS) is 15.6. The fourth-order valence-corrected chi connectivity index (χ4v) is 3.59. The fourth-order valence-electron chi connectivity index (χ4n) is 2.31. The van der Waals surface area contributed by atoms with E-state index in [4.69, 9.17) is 4.74 Å². The second kappa shape index (κ2) is 6.47. The summed E-state index contributed by atoms with van der Waals surface area (Å²) in [6, 6.07) is 7.61. The molecular formula is C15H21NO4S. The standard InChI is InChI=1S/C15H21NO4S/c1-3-21(18,19)14-10-16(11-14)15(17)9-6-12-4-7-13(20-2)8-5-12/h4-5,7-8,14H,3,6,9-11H2,1-2H3. The molecule has 0 atom stereocenters. The van der Waals surface area contributed by atoms with Crippen molar-refractivity contribution in [3.05, 3.63) is 29.8 Å². The van der Waals surface area contributed by atoms with Crippen molar-refractivity contribution in [2.75, 3.05) is 26.0 Å². The van der Waals surface area contributed by atoms with Crippen molar-refractivity contribution in [3.63, 3.8) is 0 Å². The number of amides is 1. The van der Waals surface area contributed by atoms with E-state index in [1.807, 2.05) is 24.3 Å². The molecule has 0 bridgehead atoms. The molecule has 0 N–H and O–H groups in total. The van der Waals surface area contributed by atoms with Crippen molar-refractivity contribution >= 4 is 15.7 Å². The Hall–Kier alpha value is -1.56. The van der Waals surface area contributed by atoms with E-state index < -0.39 is 9.84 Å². The third-order valence-corrected chi connectivity index (χ3v) is 6.02. The van der Waals surface area contributed by atoms with E-state index in [1.54, 1.807) is 18.9 Å². The highest BCUT2D eigenvalue weighted by Gasteiger charge is 2.38. The van der Waals surface area contributed by atoms with Gasteiger partial charge in [-0.15, -0.1) is 0 Å². The van der Waals surface area contributed by atoms with Crippen LogP contribution < -0.4 is 4.74 Å². The Morgan fingerprint density at radius 1 is 1.29 bits per heavy atom. The number of carbonyl (C=O) groups is 1. The number of ether oxygens (including phenoxy) is 1. The Morgan fingerprint density at radius 3 is 2.43 bits per heavy atom. The van der Waals surface area contributed by atoms with Gasteiger partial charge in [-0.3, -0.25) is 4.79 Å². The van der Waals surface area contributed by atoms with Crippen LogP contribution in [0.15, 0.2) is 24.3 Å². The van der Waals surface area contributed by atoms with E-state index in [9.17, 15) is 13.2 Å². The van der Waals surface area contributed by atoms with Gasteiger partial charge in [0.05, 0.1) is 12.4 Å². The van der Waals surface area contributed by atoms with Crippen LogP contribution in [0.4, 0.5) is 0 Å². The number of rotatable bonds is 6. The second-order valence-corrected chi connectivity index (χ2v) is 7.79. The highest BCUT2D eigenvalue weighted by molar-refractivity contribution is 7.92. The third-order valence-electron chi connectivity index (χ3n) is 3.90. The first-order chi connectivity index (χ1) is 9.96. The number of aryl methyl sites for hydroxylation is 1. The monoisotopic (exact) mass is 311 g/mol.